The lowest BCUT2D eigenvalue weighted by Gasteiger charge is -2.29. The molecular weight excluding hydrogens is 242 g/mol. The summed E-state index contributed by atoms with van der Waals surface area (Å²) in [6.07, 6.45) is 4.77. The molecule has 0 atom stereocenters. The van der Waals surface area contributed by atoms with Crippen LogP contribution in [-0.4, -0.2) is 20.4 Å². The lowest BCUT2D eigenvalue weighted by molar-refractivity contribution is 0.162. The number of benzene rings is 1. The largest absolute Gasteiger partial charge is 0.453 e. The number of nitrogens with two attached hydrogens (primary N) is 1. The summed E-state index contributed by atoms with van der Waals surface area (Å²) in [6, 6.07) is 4.24. The molecule has 104 valence electrons. The highest BCUT2D eigenvalue weighted by Crippen LogP contribution is 2.49. The number of rotatable bonds is 4. The van der Waals surface area contributed by atoms with E-state index in [0.29, 0.717) is 19.9 Å². The third-order valence-corrected chi connectivity index (χ3v) is 4.42. The van der Waals surface area contributed by atoms with Crippen molar-refractivity contribution in [2.45, 2.75) is 37.7 Å². The lowest BCUT2D eigenvalue weighted by atomic mass is 9.78. The highest BCUT2D eigenvalue weighted by Gasteiger charge is 2.39. The van der Waals surface area contributed by atoms with E-state index in [9.17, 15) is 0 Å². The zero-order valence-corrected chi connectivity index (χ0v) is 11.4. The molecule has 0 radical (unpaired) electrons. The molecule has 1 aliphatic heterocycles. The highest BCUT2D eigenvalue weighted by atomic mass is 16.7. The predicted molar refractivity (Wildman–Crippen MR) is 72.5 cm³/mol. The average Bonchev–Trinajstić information content (AvgIpc) is 3.09. The topological polar surface area (TPSA) is 53.7 Å². The van der Waals surface area contributed by atoms with Gasteiger partial charge in [-0.1, -0.05) is 25.0 Å². The molecule has 1 heterocycles. The minimum Gasteiger partial charge on any atom is -0.453 e. The zero-order chi connectivity index (χ0) is 13.3. The molecule has 0 bridgehead atoms. The number of methoxy groups -OCH3 is 1. The van der Waals surface area contributed by atoms with E-state index in [2.05, 4.69) is 12.1 Å². The van der Waals surface area contributed by atoms with Crippen LogP contribution in [-0.2, 0) is 16.8 Å². The maximum absolute atomic E-state index is 6.07. The molecule has 0 amide bonds. The van der Waals surface area contributed by atoms with Crippen LogP contribution in [0.5, 0.6) is 11.5 Å². The van der Waals surface area contributed by atoms with Gasteiger partial charge in [0, 0.05) is 30.2 Å². The van der Waals surface area contributed by atoms with Crippen LogP contribution < -0.4 is 15.2 Å². The molecule has 2 aliphatic rings. The van der Waals surface area contributed by atoms with Crippen molar-refractivity contribution in [3.05, 3.63) is 23.3 Å². The first kappa shape index (κ1) is 12.8. The third kappa shape index (κ3) is 1.99. The van der Waals surface area contributed by atoms with Crippen molar-refractivity contribution >= 4 is 0 Å². The fraction of sp³-hybridized carbons (Fsp3) is 0.600. The normalized spacial score (nSPS) is 19.9. The van der Waals surface area contributed by atoms with Gasteiger partial charge in [0.25, 0.3) is 0 Å². The summed E-state index contributed by atoms with van der Waals surface area (Å²) in [5.74, 6) is 1.74. The lowest BCUT2D eigenvalue weighted by Crippen LogP contribution is -2.32. The molecule has 3 rings (SSSR count). The summed E-state index contributed by atoms with van der Waals surface area (Å²) >= 11 is 0. The van der Waals surface area contributed by atoms with Gasteiger partial charge in [0.1, 0.15) is 0 Å². The van der Waals surface area contributed by atoms with Crippen LogP contribution in [0.3, 0.4) is 0 Å². The van der Waals surface area contributed by atoms with Crippen LogP contribution in [0.2, 0.25) is 0 Å². The van der Waals surface area contributed by atoms with Gasteiger partial charge in [-0.2, -0.15) is 0 Å². The Balaban J connectivity index is 2.05. The maximum Gasteiger partial charge on any atom is 0.231 e. The maximum atomic E-state index is 6.07. The number of ether oxygens (including phenoxy) is 3. The van der Waals surface area contributed by atoms with Gasteiger partial charge in [-0.05, 0) is 12.8 Å². The summed E-state index contributed by atoms with van der Waals surface area (Å²) in [7, 11) is 1.69. The first-order valence-electron chi connectivity index (χ1n) is 6.92. The molecular formula is C15H21NO3. The van der Waals surface area contributed by atoms with Crippen molar-refractivity contribution in [1.82, 2.24) is 0 Å². The van der Waals surface area contributed by atoms with Crippen molar-refractivity contribution in [3.8, 4) is 11.5 Å². The minimum absolute atomic E-state index is 0.0728. The Morgan fingerprint density at radius 1 is 1.21 bits per heavy atom. The van der Waals surface area contributed by atoms with Crippen LogP contribution >= 0.6 is 0 Å². The molecule has 1 fully saturated rings. The SMILES string of the molecule is COCc1ccc(C2(CN)CCCC2)c2c1OCO2. The first-order valence-corrected chi connectivity index (χ1v) is 6.92. The van der Waals surface area contributed by atoms with Crippen molar-refractivity contribution in [2.75, 3.05) is 20.4 Å². The third-order valence-electron chi connectivity index (χ3n) is 4.42. The summed E-state index contributed by atoms with van der Waals surface area (Å²) in [5, 5.41) is 0. The Morgan fingerprint density at radius 2 is 1.95 bits per heavy atom. The quantitative estimate of drug-likeness (QED) is 0.906. The standard InChI is InChI=1S/C15H21NO3/c1-17-8-11-4-5-12(14-13(11)18-10-19-14)15(9-16)6-2-3-7-15/h4-5H,2-3,6-10,16H2,1H3. The molecule has 1 aromatic carbocycles. The molecule has 19 heavy (non-hydrogen) atoms. The van der Waals surface area contributed by atoms with E-state index in [1.165, 1.54) is 18.4 Å². The van der Waals surface area contributed by atoms with Gasteiger partial charge in [0.2, 0.25) is 6.79 Å². The predicted octanol–water partition coefficient (Wildman–Crippen LogP) is 2.33. The van der Waals surface area contributed by atoms with Crippen LogP contribution in [0.4, 0.5) is 0 Å². The molecule has 0 saturated heterocycles. The number of fused-ring (bicyclic) bond motifs is 1. The van der Waals surface area contributed by atoms with Crippen LogP contribution in [0.15, 0.2) is 12.1 Å². The Kier molecular flexibility index (Phi) is 3.37. The Hall–Kier alpha value is -1.26. The van der Waals surface area contributed by atoms with Gasteiger partial charge in [0.15, 0.2) is 11.5 Å². The van der Waals surface area contributed by atoms with Crippen molar-refractivity contribution in [3.63, 3.8) is 0 Å². The van der Waals surface area contributed by atoms with Crippen LogP contribution in [0, 0.1) is 0 Å². The van der Waals surface area contributed by atoms with E-state index in [4.69, 9.17) is 19.9 Å². The molecule has 1 aromatic rings. The fourth-order valence-electron chi connectivity index (χ4n) is 3.37. The fourth-order valence-corrected chi connectivity index (χ4v) is 3.37. The Bertz CT molecular complexity index is 467. The monoisotopic (exact) mass is 263 g/mol. The van der Waals surface area contributed by atoms with Gasteiger partial charge in [-0.3, -0.25) is 0 Å². The van der Waals surface area contributed by atoms with Gasteiger partial charge in [0.05, 0.1) is 6.61 Å². The summed E-state index contributed by atoms with van der Waals surface area (Å²) in [4.78, 5) is 0. The van der Waals surface area contributed by atoms with Crippen LogP contribution in [0.1, 0.15) is 36.8 Å². The van der Waals surface area contributed by atoms with Crippen molar-refractivity contribution in [1.29, 1.82) is 0 Å². The molecule has 0 aromatic heterocycles. The second-order valence-electron chi connectivity index (χ2n) is 5.46. The van der Waals surface area contributed by atoms with Crippen LogP contribution in [0.25, 0.3) is 0 Å². The van der Waals surface area contributed by atoms with Gasteiger partial charge < -0.3 is 19.9 Å². The van der Waals surface area contributed by atoms with E-state index in [0.717, 1.165) is 29.9 Å². The summed E-state index contributed by atoms with van der Waals surface area (Å²) < 4.78 is 16.6. The van der Waals surface area contributed by atoms with Gasteiger partial charge in [-0.25, -0.2) is 0 Å². The molecule has 0 spiro atoms. The van der Waals surface area contributed by atoms with E-state index in [1.54, 1.807) is 7.11 Å². The molecule has 2 N–H and O–H groups in total. The van der Waals surface area contributed by atoms with Gasteiger partial charge in [-0.15, -0.1) is 0 Å². The minimum atomic E-state index is 0.0728. The van der Waals surface area contributed by atoms with E-state index in [1.807, 2.05) is 0 Å². The zero-order valence-electron chi connectivity index (χ0n) is 11.4. The Labute approximate surface area is 113 Å². The van der Waals surface area contributed by atoms with E-state index in [-0.39, 0.29) is 5.41 Å². The molecule has 0 unspecified atom stereocenters. The summed E-state index contributed by atoms with van der Waals surface area (Å²) in [5.41, 5.74) is 8.41. The van der Waals surface area contributed by atoms with Crippen molar-refractivity contribution in [2.24, 2.45) is 5.73 Å². The second kappa shape index (κ2) is 5.02. The van der Waals surface area contributed by atoms with E-state index < -0.39 is 0 Å². The summed E-state index contributed by atoms with van der Waals surface area (Å²) in [6.45, 7) is 1.51. The first-order chi connectivity index (χ1) is 9.30. The Morgan fingerprint density at radius 3 is 2.63 bits per heavy atom. The number of hydrogen-bond acceptors (Lipinski definition) is 4. The molecule has 1 saturated carbocycles. The smallest absolute Gasteiger partial charge is 0.231 e. The van der Waals surface area contributed by atoms with E-state index >= 15 is 0 Å². The molecule has 1 aliphatic carbocycles. The molecule has 4 nitrogen and oxygen atoms in total. The number of hydrogen-bond donors (Lipinski definition) is 1. The second-order valence-corrected chi connectivity index (χ2v) is 5.46. The highest BCUT2D eigenvalue weighted by molar-refractivity contribution is 5.56. The van der Waals surface area contributed by atoms with Gasteiger partial charge >= 0.3 is 0 Å². The van der Waals surface area contributed by atoms with Crippen molar-refractivity contribution < 1.29 is 14.2 Å². The average molecular weight is 263 g/mol. The molecule has 4 heteroatoms.